The maximum atomic E-state index is 4.61. The van der Waals surface area contributed by atoms with Gasteiger partial charge in [-0.2, -0.15) is 0 Å². The van der Waals surface area contributed by atoms with Gasteiger partial charge in [0.25, 0.3) is 0 Å². The summed E-state index contributed by atoms with van der Waals surface area (Å²) >= 11 is 1.62. The van der Waals surface area contributed by atoms with Gasteiger partial charge < -0.3 is 0 Å². The molecule has 5 heteroatoms. The normalized spacial score (nSPS) is 1.20. The second-order valence-electron chi connectivity index (χ2n) is 0. The average molecular weight is 415 g/mol. The Hall–Kier alpha value is 2.79. The third kappa shape index (κ3) is 20.0. The van der Waals surface area contributed by atoms with Crippen molar-refractivity contribution in [2.24, 2.45) is 0 Å². The van der Waals surface area contributed by atoms with Gasteiger partial charge in [-0.25, -0.2) is 0 Å². The van der Waals surface area contributed by atoms with Gasteiger partial charge in [0.1, 0.15) is 0 Å². The van der Waals surface area contributed by atoms with E-state index in [4.69, 9.17) is 0 Å². The molecule has 0 fully saturated rings. The Morgan fingerprint density at radius 3 is 1.00 bits per heavy atom. The van der Waals surface area contributed by atoms with Crippen LogP contribution in [0.4, 0.5) is 0 Å². The monoisotopic (exact) mass is 412 g/mol. The zero-order chi connectivity index (χ0) is 2.00. The molecule has 0 aromatic heterocycles. The molecule has 0 aliphatic rings. The Bertz CT molecular complexity index is 7.61. The van der Waals surface area contributed by atoms with Crippen molar-refractivity contribution in [1.82, 2.24) is 0 Å². The van der Waals surface area contributed by atoms with Crippen LogP contribution in [0.2, 0.25) is 0 Å². The summed E-state index contributed by atoms with van der Waals surface area (Å²) in [5.74, 6) is 0. The molecule has 0 rings (SSSR count). The fourth-order valence-electron chi connectivity index (χ4n) is 0. The van der Waals surface area contributed by atoms with Gasteiger partial charge in [-0.15, -0.1) is 12.4 Å². The largest absolute Gasteiger partial charge is 0.147 e. The molecule has 0 aromatic rings. The topological polar surface area (TPSA) is 0 Å². The molecule has 0 heterocycles. The van der Waals surface area contributed by atoms with Crippen molar-refractivity contribution >= 4 is 42.8 Å². The first-order valence-corrected chi connectivity index (χ1v) is 2.87. The fourth-order valence-corrected chi connectivity index (χ4v) is 0. The standard InChI is InChI=1S/2Ag.ClI.ClH/c;;1-2;/h;;;1H. The van der Waals surface area contributed by atoms with Crippen LogP contribution in [0.3, 0.4) is 0 Å². The van der Waals surface area contributed by atoms with E-state index in [2.05, 4.69) is 8.91 Å². The van der Waals surface area contributed by atoms with Crippen molar-refractivity contribution in [3.05, 3.63) is 0 Å². The van der Waals surface area contributed by atoms with Gasteiger partial charge in [0.2, 0.25) is 0 Å². The molecule has 0 aliphatic heterocycles. The van der Waals surface area contributed by atoms with Crippen LogP contribution in [0.5, 0.6) is 0 Å². The minimum absolute atomic E-state index is 0. The molecule has 0 aromatic carbocycles. The van der Waals surface area contributed by atoms with Crippen molar-refractivity contribution in [3.63, 3.8) is 0 Å². The number of hydrogen-bond donors (Lipinski definition) is 0. The average Bonchev–Trinajstić information content (AvgIpc) is 1.00. The first-order chi connectivity index (χ1) is 1.00. The second-order valence-corrected chi connectivity index (χ2v) is 0. The zero-order valence-corrected chi connectivity index (χ0v) is 8.46. The molecule has 0 spiro atoms. The maximum absolute atomic E-state index is 4.61. The van der Waals surface area contributed by atoms with Crippen molar-refractivity contribution in [3.8, 4) is 0 Å². The van der Waals surface area contributed by atoms with Crippen LogP contribution in [-0.2, 0) is 44.8 Å². The van der Waals surface area contributed by atoms with Gasteiger partial charge in [0, 0.05) is 66.2 Å². The maximum Gasteiger partial charge on any atom is 0.0425 e. The second kappa shape index (κ2) is 29.2. The molecule has 0 atom stereocenters. The van der Waals surface area contributed by atoms with Crippen molar-refractivity contribution in [2.45, 2.75) is 0 Å². The predicted molar refractivity (Wildman–Crippen MR) is 27.1 cm³/mol. The summed E-state index contributed by atoms with van der Waals surface area (Å²) in [5.41, 5.74) is 0. The summed E-state index contributed by atoms with van der Waals surface area (Å²) in [5, 5.41) is 0. The molecule has 5 heavy (non-hydrogen) atoms. The summed E-state index contributed by atoms with van der Waals surface area (Å²) < 4.78 is 0. The third-order valence-electron chi connectivity index (χ3n) is 0. The molecule has 0 saturated carbocycles. The minimum Gasteiger partial charge on any atom is -0.147 e. The van der Waals surface area contributed by atoms with Crippen LogP contribution in [0.1, 0.15) is 0 Å². The Labute approximate surface area is 86.1 Å². The summed E-state index contributed by atoms with van der Waals surface area (Å²) in [4.78, 5) is 0. The SMILES string of the molecule is Cl.ClI.[Ag].[Ag]. The van der Waals surface area contributed by atoms with E-state index in [0.717, 1.165) is 0 Å². The van der Waals surface area contributed by atoms with E-state index in [1.165, 1.54) is 0 Å². The molecule has 0 saturated heterocycles. The zero-order valence-electron chi connectivity index (χ0n) is 1.77. The summed E-state index contributed by atoms with van der Waals surface area (Å²) in [6.07, 6.45) is 0. The molecule has 0 unspecified atom stereocenters. The molecular formula is HAg2Cl2I. The minimum atomic E-state index is 0. The fraction of sp³-hybridized carbons (Fsp3) is 0. The van der Waals surface area contributed by atoms with Crippen LogP contribution < -0.4 is 0 Å². The molecule has 44 valence electrons. The van der Waals surface area contributed by atoms with E-state index in [1.807, 2.05) is 0 Å². The van der Waals surface area contributed by atoms with Gasteiger partial charge in [-0.3, -0.25) is 0 Å². The van der Waals surface area contributed by atoms with Gasteiger partial charge in [0.05, 0.1) is 0 Å². The molecule has 2 radical (unpaired) electrons. The summed E-state index contributed by atoms with van der Waals surface area (Å²) in [6, 6.07) is 0. The predicted octanol–water partition coefficient (Wildman–Crippen LogP) is 1.99. The first kappa shape index (κ1) is 25.0. The summed E-state index contributed by atoms with van der Waals surface area (Å²) in [7, 11) is 4.61. The van der Waals surface area contributed by atoms with Gasteiger partial charge in [-0.05, 0) is 8.91 Å². The number of hydrogen-bond acceptors (Lipinski definition) is 0. The van der Waals surface area contributed by atoms with Crippen LogP contribution in [0.25, 0.3) is 0 Å². The summed E-state index contributed by atoms with van der Waals surface area (Å²) in [6.45, 7) is 0. The van der Waals surface area contributed by atoms with Gasteiger partial charge >= 0.3 is 0 Å². The molecule has 0 amide bonds. The quantitative estimate of drug-likeness (QED) is 0.420. The van der Waals surface area contributed by atoms with E-state index >= 15 is 0 Å². The van der Waals surface area contributed by atoms with Crippen LogP contribution in [-0.4, -0.2) is 0 Å². The van der Waals surface area contributed by atoms with Crippen molar-refractivity contribution in [2.75, 3.05) is 0 Å². The van der Waals surface area contributed by atoms with E-state index in [9.17, 15) is 0 Å². The van der Waals surface area contributed by atoms with Crippen LogP contribution >= 0.6 is 42.8 Å². The first-order valence-electron chi connectivity index (χ1n) is 0.143. The van der Waals surface area contributed by atoms with E-state index in [1.54, 1.807) is 21.5 Å². The molecular weight excluding hydrogens is 414 g/mol. The van der Waals surface area contributed by atoms with Crippen molar-refractivity contribution in [1.29, 1.82) is 0 Å². The van der Waals surface area contributed by atoms with Crippen LogP contribution in [0.15, 0.2) is 0 Å². The Kier molecular flexibility index (Phi) is 146. The van der Waals surface area contributed by atoms with Crippen LogP contribution in [0, 0.1) is 0 Å². The van der Waals surface area contributed by atoms with E-state index in [0.29, 0.717) is 0 Å². The van der Waals surface area contributed by atoms with Gasteiger partial charge in [-0.1, -0.05) is 0 Å². The Morgan fingerprint density at radius 2 is 1.00 bits per heavy atom. The smallest absolute Gasteiger partial charge is 0.0425 e. The number of halogens is 3. The number of rotatable bonds is 0. The molecule has 0 bridgehead atoms. The van der Waals surface area contributed by atoms with E-state index < -0.39 is 0 Å². The van der Waals surface area contributed by atoms with E-state index in [-0.39, 0.29) is 57.2 Å². The third-order valence-corrected chi connectivity index (χ3v) is 0. The Morgan fingerprint density at radius 1 is 1.00 bits per heavy atom. The molecule has 0 aliphatic carbocycles. The Balaban J connectivity index is -0.00000000167. The van der Waals surface area contributed by atoms with Crippen molar-refractivity contribution < 1.29 is 44.8 Å². The molecule has 0 N–H and O–H groups in total. The van der Waals surface area contributed by atoms with Gasteiger partial charge in [0.15, 0.2) is 0 Å². The molecule has 0 nitrogen and oxygen atoms in total.